The van der Waals surface area contributed by atoms with Crippen molar-refractivity contribution in [2.24, 2.45) is 4.40 Å². The second-order valence-corrected chi connectivity index (χ2v) is 2.61. The first-order valence-corrected chi connectivity index (χ1v) is 3.79. The average molecular weight is 139 g/mol. The van der Waals surface area contributed by atoms with E-state index in [2.05, 4.69) is 8.92 Å². The van der Waals surface area contributed by atoms with Crippen molar-refractivity contribution in [1.29, 1.82) is 0 Å². The molecular weight excluding hydrogens is 136 g/mol. The van der Waals surface area contributed by atoms with E-state index >= 15 is 0 Å². The van der Waals surface area contributed by atoms with E-state index in [1.54, 1.807) is 0 Å². The molecule has 1 heterocycles. The van der Waals surface area contributed by atoms with Crippen LogP contribution in [-0.4, -0.2) is 11.9 Å². The molecule has 0 fully saturated rings. The molecule has 0 aromatic rings. The smallest absolute Gasteiger partial charge is 0.266 e. The van der Waals surface area contributed by atoms with Gasteiger partial charge in [0.1, 0.15) is 5.94 Å². The van der Waals surface area contributed by atoms with Gasteiger partial charge in [-0.3, -0.25) is 0 Å². The normalized spacial score (nSPS) is 30.7. The van der Waals surface area contributed by atoms with Gasteiger partial charge in [-0.1, -0.05) is 0 Å². The number of hydrogen-bond acceptors (Lipinski definition) is 3. The molecule has 0 bridgehead atoms. The van der Waals surface area contributed by atoms with Crippen molar-refractivity contribution in [3.63, 3.8) is 0 Å². The molecule has 0 aromatic carbocycles. The summed E-state index contributed by atoms with van der Waals surface area (Å²) in [6.07, 6.45) is 0. The summed E-state index contributed by atoms with van der Waals surface area (Å²) in [6, 6.07) is 0. The second kappa shape index (κ2) is 2.60. The van der Waals surface area contributed by atoms with Crippen molar-refractivity contribution in [3.05, 3.63) is 0 Å². The van der Waals surface area contributed by atoms with E-state index in [4.69, 9.17) is 0 Å². The van der Waals surface area contributed by atoms with Crippen LogP contribution in [0.4, 0.5) is 4.20 Å². The number of halogens is 1. The van der Waals surface area contributed by atoms with Gasteiger partial charge in [-0.05, 0) is 0 Å². The summed E-state index contributed by atoms with van der Waals surface area (Å²) >= 11 is 1.22. The van der Waals surface area contributed by atoms with Gasteiger partial charge in [-0.2, -0.15) is 4.20 Å². The maximum absolute atomic E-state index is 11.9. The van der Waals surface area contributed by atoms with Crippen molar-refractivity contribution in [2.75, 3.05) is 5.94 Å². The maximum Gasteiger partial charge on any atom is 0.266 e. The van der Waals surface area contributed by atoms with E-state index in [0.717, 1.165) is 0 Å². The van der Waals surface area contributed by atoms with Gasteiger partial charge in [0.2, 0.25) is 0 Å². The van der Waals surface area contributed by atoms with Gasteiger partial charge < -0.3 is 4.52 Å². The van der Waals surface area contributed by atoms with Crippen LogP contribution in [0.3, 0.4) is 0 Å². The molecule has 1 rings (SSSR count). The Labute approximate surface area is 46.2 Å². The zero-order valence-electron chi connectivity index (χ0n) is 3.37. The topological polar surface area (TPSA) is 21.6 Å². The van der Waals surface area contributed by atoms with Crippen LogP contribution in [0.1, 0.15) is 0 Å². The average Bonchev–Trinajstić information content (AvgIpc) is 1.69. The van der Waals surface area contributed by atoms with Crippen molar-refractivity contribution in [1.82, 2.24) is 0 Å². The molecule has 1 aliphatic heterocycles. The lowest BCUT2D eigenvalue weighted by molar-refractivity contribution is 0.418. The molecule has 1 aliphatic rings. The zero-order valence-corrected chi connectivity index (χ0v) is 5.08. The summed E-state index contributed by atoms with van der Waals surface area (Å²) in [7, 11) is -1.80. The van der Waals surface area contributed by atoms with Gasteiger partial charge in [-0.25, -0.2) is 4.40 Å². The lowest BCUT2D eigenvalue weighted by Gasteiger charge is -2.04. The Balaban J connectivity index is 2.36. The Morgan fingerprint density at radius 2 is 2.86 bits per heavy atom. The van der Waals surface area contributed by atoms with E-state index < -0.39 is 8.46 Å². The molecule has 0 saturated carbocycles. The van der Waals surface area contributed by atoms with Gasteiger partial charge in [0.15, 0.2) is 0 Å². The van der Waals surface area contributed by atoms with Gasteiger partial charge >= 0.3 is 0 Å². The molecule has 0 N–H and O–H groups in total. The molecule has 0 amide bonds. The van der Waals surface area contributed by atoms with Crippen LogP contribution in [0.25, 0.3) is 0 Å². The van der Waals surface area contributed by atoms with Crippen LogP contribution >= 0.6 is 20.4 Å². The third kappa shape index (κ3) is 1.72. The molecule has 40 valence electrons. The van der Waals surface area contributed by atoms with E-state index in [9.17, 15) is 4.20 Å². The lowest BCUT2D eigenvalue weighted by Crippen LogP contribution is -1.84. The molecule has 7 heavy (non-hydrogen) atoms. The zero-order chi connectivity index (χ0) is 5.11. The number of rotatable bonds is 0. The van der Waals surface area contributed by atoms with Crippen LogP contribution in [0.15, 0.2) is 4.40 Å². The third-order valence-electron chi connectivity index (χ3n) is 0.441. The molecular formula is C2H3FNOPS. The van der Waals surface area contributed by atoms with Crippen molar-refractivity contribution >= 4 is 26.4 Å². The van der Waals surface area contributed by atoms with Gasteiger partial charge in [0, 0.05) is 11.9 Å². The van der Waals surface area contributed by atoms with Gasteiger partial charge in [0.05, 0.1) is 5.96 Å². The minimum absolute atomic E-state index is 0.360. The van der Waals surface area contributed by atoms with Crippen LogP contribution in [0, 0.1) is 0 Å². The fourth-order valence-corrected chi connectivity index (χ4v) is 1.49. The largest absolute Gasteiger partial charge is 0.314 e. The summed E-state index contributed by atoms with van der Waals surface area (Å²) in [5.74, 6) is 1.56. The maximum atomic E-state index is 11.9. The van der Waals surface area contributed by atoms with E-state index in [1.165, 1.54) is 17.9 Å². The molecule has 0 aliphatic carbocycles. The van der Waals surface area contributed by atoms with Crippen LogP contribution < -0.4 is 0 Å². The van der Waals surface area contributed by atoms with Crippen molar-refractivity contribution in [3.8, 4) is 0 Å². The first-order chi connectivity index (χ1) is 3.39. The molecule has 1 atom stereocenters. The van der Waals surface area contributed by atoms with Crippen molar-refractivity contribution < 1.29 is 8.72 Å². The monoisotopic (exact) mass is 139 g/mol. The highest BCUT2D eigenvalue weighted by molar-refractivity contribution is 7.99. The highest BCUT2D eigenvalue weighted by Crippen LogP contribution is 2.39. The third-order valence-corrected chi connectivity index (χ3v) is 1.92. The molecule has 0 saturated heterocycles. The Morgan fingerprint density at radius 3 is 3.14 bits per heavy atom. The Kier molecular flexibility index (Phi) is 2.03. The molecule has 0 radical (unpaired) electrons. The molecule has 2 nitrogen and oxygen atoms in total. The lowest BCUT2D eigenvalue weighted by atomic mass is 11.7. The summed E-state index contributed by atoms with van der Waals surface area (Å²) in [5, 5.41) is 0. The first-order valence-electron chi connectivity index (χ1n) is 1.63. The summed E-state index contributed by atoms with van der Waals surface area (Å²) in [5.41, 5.74) is 0. The minimum atomic E-state index is -1.80. The summed E-state index contributed by atoms with van der Waals surface area (Å²) < 4.78 is 19.9. The van der Waals surface area contributed by atoms with Crippen LogP contribution in [-0.2, 0) is 4.52 Å². The Bertz CT molecular complexity index is 89.8. The van der Waals surface area contributed by atoms with E-state index in [1.807, 2.05) is 0 Å². The summed E-state index contributed by atoms with van der Waals surface area (Å²) in [6.45, 7) is 0. The fourth-order valence-electron chi connectivity index (χ4n) is 0.208. The first kappa shape index (κ1) is 5.48. The fraction of sp³-hybridized carbons (Fsp3) is 0.500. The predicted molar refractivity (Wildman–Crippen MR) is 30.1 cm³/mol. The van der Waals surface area contributed by atoms with E-state index in [-0.39, 0.29) is 0 Å². The predicted octanol–water partition coefficient (Wildman–Crippen LogP) is 1.93. The Morgan fingerprint density at radius 1 is 2.00 bits per heavy atom. The summed E-state index contributed by atoms with van der Waals surface area (Å²) in [4.78, 5) is 0. The Hall–Kier alpha value is 0.340. The van der Waals surface area contributed by atoms with Crippen molar-refractivity contribution in [2.45, 2.75) is 0 Å². The standard InChI is InChI=1S/C2H3FNOPS/c3-6-1-4-7-2-5-6/h1H,2H2. The van der Waals surface area contributed by atoms with Crippen LogP contribution in [0.2, 0.25) is 0 Å². The quantitative estimate of drug-likeness (QED) is 0.377. The molecule has 5 heteroatoms. The molecule has 0 spiro atoms. The SMILES string of the molecule is FP1C=NSCO1. The highest BCUT2D eigenvalue weighted by atomic mass is 32.2. The molecule has 1 unspecified atom stereocenters. The number of hydrogen-bond donors (Lipinski definition) is 0. The minimum Gasteiger partial charge on any atom is -0.314 e. The highest BCUT2D eigenvalue weighted by Gasteiger charge is 2.06. The molecule has 0 aromatic heterocycles. The van der Waals surface area contributed by atoms with Gasteiger partial charge in [-0.15, -0.1) is 0 Å². The van der Waals surface area contributed by atoms with Crippen LogP contribution in [0.5, 0.6) is 0 Å². The van der Waals surface area contributed by atoms with E-state index in [0.29, 0.717) is 5.94 Å². The second-order valence-electron chi connectivity index (χ2n) is 0.869. The van der Waals surface area contributed by atoms with Gasteiger partial charge in [0.25, 0.3) is 8.46 Å². The number of nitrogens with zero attached hydrogens (tertiary/aromatic N) is 1.